The number of benzene rings is 2. The Hall–Kier alpha value is -2.80. The van der Waals surface area contributed by atoms with E-state index in [2.05, 4.69) is 22.3 Å². The lowest BCUT2D eigenvalue weighted by atomic mass is 9.83. The SMILES string of the molecule is O=C(NC1CCC(CCN2CCC(c3coc4ccccc34)CC2)CC1)c1ccc(C(F)(F)F)cc1. The van der Waals surface area contributed by atoms with Gasteiger partial charge in [0.1, 0.15) is 5.58 Å². The van der Waals surface area contributed by atoms with Crippen LogP contribution in [0.25, 0.3) is 11.0 Å². The van der Waals surface area contributed by atoms with Gasteiger partial charge in [-0.15, -0.1) is 0 Å². The van der Waals surface area contributed by atoms with Crippen molar-refractivity contribution in [3.05, 3.63) is 71.5 Å². The number of nitrogens with one attached hydrogen (secondary N) is 1. The highest BCUT2D eigenvalue weighted by atomic mass is 19.4. The lowest BCUT2D eigenvalue weighted by Gasteiger charge is -2.34. The predicted octanol–water partition coefficient (Wildman–Crippen LogP) is 7.01. The number of carbonyl (C=O) groups excluding carboxylic acids is 1. The molecule has 2 aliphatic rings. The molecule has 1 N–H and O–H groups in total. The third kappa shape index (κ3) is 5.77. The highest BCUT2D eigenvalue weighted by Crippen LogP contribution is 2.35. The Morgan fingerprint density at radius 3 is 2.33 bits per heavy atom. The molecule has 0 bridgehead atoms. The number of hydrogen-bond donors (Lipinski definition) is 1. The Morgan fingerprint density at radius 2 is 1.64 bits per heavy atom. The number of nitrogens with zero attached hydrogens (tertiary/aromatic N) is 1. The second kappa shape index (κ2) is 10.7. The van der Waals surface area contributed by atoms with Crippen molar-refractivity contribution < 1.29 is 22.4 Å². The van der Waals surface area contributed by atoms with E-state index in [-0.39, 0.29) is 17.5 Å². The lowest BCUT2D eigenvalue weighted by Crippen LogP contribution is -2.38. The maximum Gasteiger partial charge on any atom is 0.416 e. The first-order valence-electron chi connectivity index (χ1n) is 13.0. The van der Waals surface area contributed by atoms with Gasteiger partial charge in [0.25, 0.3) is 5.91 Å². The van der Waals surface area contributed by atoms with Crippen LogP contribution in [0.3, 0.4) is 0 Å². The largest absolute Gasteiger partial charge is 0.464 e. The molecule has 36 heavy (non-hydrogen) atoms. The van der Waals surface area contributed by atoms with Crippen LogP contribution in [0.1, 0.15) is 72.3 Å². The average Bonchev–Trinajstić information content (AvgIpc) is 3.32. The van der Waals surface area contributed by atoms with Gasteiger partial charge in [-0.05, 0) is 107 Å². The van der Waals surface area contributed by atoms with Crippen LogP contribution >= 0.6 is 0 Å². The van der Waals surface area contributed by atoms with Crippen molar-refractivity contribution in [3.63, 3.8) is 0 Å². The molecule has 2 aromatic carbocycles. The van der Waals surface area contributed by atoms with Gasteiger partial charge in [-0.2, -0.15) is 13.2 Å². The van der Waals surface area contributed by atoms with Crippen LogP contribution in [-0.2, 0) is 6.18 Å². The Morgan fingerprint density at radius 1 is 0.944 bits per heavy atom. The molecular formula is C29H33F3N2O2. The zero-order valence-corrected chi connectivity index (χ0v) is 20.4. The predicted molar refractivity (Wildman–Crippen MR) is 134 cm³/mol. The fraction of sp³-hybridized carbons (Fsp3) is 0.483. The summed E-state index contributed by atoms with van der Waals surface area (Å²) in [7, 11) is 0. The fourth-order valence-electron chi connectivity index (χ4n) is 5.82. The molecule has 1 saturated heterocycles. The van der Waals surface area contributed by atoms with E-state index in [0.717, 1.165) is 75.9 Å². The van der Waals surface area contributed by atoms with E-state index in [4.69, 9.17) is 4.42 Å². The van der Waals surface area contributed by atoms with Crippen LogP contribution in [-0.4, -0.2) is 36.5 Å². The van der Waals surface area contributed by atoms with Gasteiger partial charge in [-0.3, -0.25) is 4.79 Å². The minimum Gasteiger partial charge on any atom is -0.464 e. The van der Waals surface area contributed by atoms with Crippen molar-refractivity contribution in [2.45, 2.75) is 63.1 Å². The first-order valence-corrected chi connectivity index (χ1v) is 13.0. The Balaban J connectivity index is 1.02. The Labute approximate surface area is 209 Å². The number of likely N-dealkylation sites (tertiary alicyclic amines) is 1. The van der Waals surface area contributed by atoms with Gasteiger partial charge in [0.2, 0.25) is 0 Å². The van der Waals surface area contributed by atoms with Crippen molar-refractivity contribution in [2.24, 2.45) is 5.92 Å². The zero-order chi connectivity index (χ0) is 25.1. The molecule has 2 heterocycles. The van der Waals surface area contributed by atoms with Crippen molar-refractivity contribution in [1.82, 2.24) is 10.2 Å². The number of piperidine rings is 1. The number of hydrogen-bond acceptors (Lipinski definition) is 3. The summed E-state index contributed by atoms with van der Waals surface area (Å²) in [4.78, 5) is 15.0. The molecular weight excluding hydrogens is 465 g/mol. The molecule has 0 unspecified atom stereocenters. The molecule has 4 nitrogen and oxygen atoms in total. The van der Waals surface area contributed by atoms with Gasteiger partial charge < -0.3 is 14.6 Å². The molecule has 7 heteroatoms. The monoisotopic (exact) mass is 498 g/mol. The summed E-state index contributed by atoms with van der Waals surface area (Å²) in [5, 5.41) is 4.26. The van der Waals surface area contributed by atoms with Crippen LogP contribution in [0, 0.1) is 5.92 Å². The molecule has 1 aromatic heterocycles. The molecule has 1 amide bonds. The number of rotatable bonds is 6. The molecule has 1 saturated carbocycles. The summed E-state index contributed by atoms with van der Waals surface area (Å²) in [6.07, 6.45) is 5.05. The Bertz CT molecular complexity index is 1160. The molecule has 3 aromatic rings. The van der Waals surface area contributed by atoms with Crippen molar-refractivity contribution >= 4 is 16.9 Å². The van der Waals surface area contributed by atoms with Crippen molar-refractivity contribution in [2.75, 3.05) is 19.6 Å². The summed E-state index contributed by atoms with van der Waals surface area (Å²) >= 11 is 0. The van der Waals surface area contributed by atoms with E-state index in [1.807, 2.05) is 18.4 Å². The number of para-hydroxylation sites is 1. The van der Waals surface area contributed by atoms with E-state index < -0.39 is 11.7 Å². The summed E-state index contributed by atoms with van der Waals surface area (Å²) in [5.41, 5.74) is 1.86. The van der Waals surface area contributed by atoms with Gasteiger partial charge in [-0.25, -0.2) is 0 Å². The normalized spacial score (nSPS) is 22.1. The number of amides is 1. The highest BCUT2D eigenvalue weighted by molar-refractivity contribution is 5.94. The number of fused-ring (bicyclic) bond motifs is 1. The number of carbonyl (C=O) groups is 1. The minimum absolute atomic E-state index is 0.0940. The maximum atomic E-state index is 12.7. The molecule has 0 spiro atoms. The first-order chi connectivity index (χ1) is 17.4. The minimum atomic E-state index is -4.39. The molecule has 192 valence electrons. The van der Waals surface area contributed by atoms with Gasteiger partial charge in [0, 0.05) is 22.6 Å². The van der Waals surface area contributed by atoms with E-state index in [9.17, 15) is 18.0 Å². The quantitative estimate of drug-likeness (QED) is 0.398. The van der Waals surface area contributed by atoms with Crippen molar-refractivity contribution in [1.29, 1.82) is 0 Å². The van der Waals surface area contributed by atoms with Crippen molar-refractivity contribution in [3.8, 4) is 0 Å². The topological polar surface area (TPSA) is 45.5 Å². The third-order valence-corrected chi connectivity index (χ3v) is 8.05. The summed E-state index contributed by atoms with van der Waals surface area (Å²) in [6.45, 7) is 3.34. The van der Waals surface area contributed by atoms with Crippen LogP contribution in [0.5, 0.6) is 0 Å². The van der Waals surface area contributed by atoms with Gasteiger partial charge >= 0.3 is 6.18 Å². The average molecular weight is 499 g/mol. The second-order valence-corrected chi connectivity index (χ2v) is 10.4. The fourth-order valence-corrected chi connectivity index (χ4v) is 5.82. The van der Waals surface area contributed by atoms with Gasteiger partial charge in [0.15, 0.2) is 0 Å². The number of halogens is 3. The van der Waals surface area contributed by atoms with E-state index in [1.54, 1.807) is 0 Å². The van der Waals surface area contributed by atoms with E-state index in [1.165, 1.54) is 29.5 Å². The summed E-state index contributed by atoms with van der Waals surface area (Å²) in [6, 6.07) is 12.8. The molecule has 1 aliphatic heterocycles. The van der Waals surface area contributed by atoms with Crippen LogP contribution < -0.4 is 5.32 Å². The number of furan rings is 1. The summed E-state index contributed by atoms with van der Waals surface area (Å²) in [5.74, 6) is 0.939. The smallest absolute Gasteiger partial charge is 0.416 e. The number of alkyl halides is 3. The molecule has 2 fully saturated rings. The first kappa shape index (κ1) is 24.9. The standard InChI is InChI=1S/C29H33F3N2O2/c30-29(31,32)23-9-7-22(8-10-23)28(35)33-24-11-5-20(6-12-24)13-16-34-17-14-21(15-18-34)26-19-36-27-4-2-1-3-25(26)27/h1-4,7-10,19-21,24H,5-6,11-18H2,(H,33,35). The van der Waals surface area contributed by atoms with E-state index in [0.29, 0.717) is 11.8 Å². The molecule has 0 radical (unpaired) electrons. The second-order valence-electron chi connectivity index (χ2n) is 10.4. The third-order valence-electron chi connectivity index (χ3n) is 8.05. The van der Waals surface area contributed by atoms with Crippen LogP contribution in [0.4, 0.5) is 13.2 Å². The molecule has 0 atom stereocenters. The maximum absolute atomic E-state index is 12.7. The zero-order valence-electron chi connectivity index (χ0n) is 20.4. The Kier molecular flexibility index (Phi) is 7.37. The van der Waals surface area contributed by atoms with Gasteiger partial charge in [-0.1, -0.05) is 18.2 Å². The van der Waals surface area contributed by atoms with Crippen LogP contribution in [0.2, 0.25) is 0 Å². The van der Waals surface area contributed by atoms with E-state index >= 15 is 0 Å². The van der Waals surface area contributed by atoms with Crippen LogP contribution in [0.15, 0.2) is 59.2 Å². The van der Waals surface area contributed by atoms with Gasteiger partial charge in [0.05, 0.1) is 11.8 Å². The summed E-state index contributed by atoms with van der Waals surface area (Å²) < 4.78 is 43.9. The lowest BCUT2D eigenvalue weighted by molar-refractivity contribution is -0.137. The highest BCUT2D eigenvalue weighted by Gasteiger charge is 2.30. The molecule has 1 aliphatic carbocycles. The molecule has 5 rings (SSSR count).